The summed E-state index contributed by atoms with van der Waals surface area (Å²) < 4.78 is 5.70. The van der Waals surface area contributed by atoms with Gasteiger partial charge in [-0.1, -0.05) is 30.3 Å². The van der Waals surface area contributed by atoms with Gasteiger partial charge in [-0.15, -0.1) is 0 Å². The number of rotatable bonds is 3. The molecule has 2 aromatic carbocycles. The Balaban J connectivity index is 2.08. The second-order valence-electron chi connectivity index (χ2n) is 5.00. The number of hydrogen-bond donors (Lipinski definition) is 0. The minimum atomic E-state index is 0.0931. The number of thioether (sulfide) groups is 1. The zero-order valence-corrected chi connectivity index (χ0v) is 13.0. The third-order valence-corrected chi connectivity index (χ3v) is 4.65. The number of amides is 1. The lowest BCUT2D eigenvalue weighted by Gasteiger charge is -2.27. The van der Waals surface area contributed by atoms with Gasteiger partial charge in [0.05, 0.1) is 12.2 Å². The van der Waals surface area contributed by atoms with Crippen LogP contribution in [0.15, 0.2) is 36.4 Å². The first-order chi connectivity index (χ1) is 10.3. The van der Waals surface area contributed by atoms with E-state index in [2.05, 4.69) is 0 Å². The summed E-state index contributed by atoms with van der Waals surface area (Å²) in [5.41, 5.74) is 0.710. The molecule has 0 bridgehead atoms. The SMILES string of the molecule is CCOc1ccc2ccccc2c1C(=O)N1CCSCC1. The summed E-state index contributed by atoms with van der Waals surface area (Å²) in [6.07, 6.45) is 0. The molecular formula is C17H19NO2S. The second-order valence-corrected chi connectivity index (χ2v) is 6.22. The Hall–Kier alpha value is -1.68. The largest absolute Gasteiger partial charge is 0.493 e. The fourth-order valence-electron chi connectivity index (χ4n) is 2.67. The molecule has 3 nitrogen and oxygen atoms in total. The quantitative estimate of drug-likeness (QED) is 0.870. The van der Waals surface area contributed by atoms with Crippen LogP contribution < -0.4 is 4.74 Å². The van der Waals surface area contributed by atoms with Crippen molar-refractivity contribution in [1.29, 1.82) is 0 Å². The standard InChI is InChI=1S/C17H19NO2S/c1-2-20-15-8-7-13-5-3-4-6-14(13)16(15)17(19)18-9-11-21-12-10-18/h3-8H,2,9-12H2,1H3. The monoisotopic (exact) mass is 301 g/mol. The molecule has 1 fully saturated rings. The first kappa shape index (κ1) is 14.3. The summed E-state index contributed by atoms with van der Waals surface area (Å²) in [7, 11) is 0. The number of benzene rings is 2. The molecule has 0 N–H and O–H groups in total. The molecule has 0 aliphatic carbocycles. The van der Waals surface area contributed by atoms with Gasteiger partial charge in [-0.3, -0.25) is 4.79 Å². The van der Waals surface area contributed by atoms with Gasteiger partial charge < -0.3 is 9.64 Å². The Morgan fingerprint density at radius 1 is 1.19 bits per heavy atom. The highest BCUT2D eigenvalue weighted by molar-refractivity contribution is 7.99. The summed E-state index contributed by atoms with van der Waals surface area (Å²) in [4.78, 5) is 14.9. The van der Waals surface area contributed by atoms with Crippen LogP contribution in [0.4, 0.5) is 0 Å². The molecule has 0 spiro atoms. The van der Waals surface area contributed by atoms with E-state index in [9.17, 15) is 4.79 Å². The van der Waals surface area contributed by atoms with E-state index in [0.717, 1.165) is 35.4 Å². The Bertz CT molecular complexity index is 650. The van der Waals surface area contributed by atoms with Crippen molar-refractivity contribution < 1.29 is 9.53 Å². The van der Waals surface area contributed by atoms with Crippen LogP contribution >= 0.6 is 11.8 Å². The van der Waals surface area contributed by atoms with Gasteiger partial charge in [0.25, 0.3) is 5.91 Å². The maximum Gasteiger partial charge on any atom is 0.258 e. The van der Waals surface area contributed by atoms with E-state index in [1.807, 2.05) is 60.0 Å². The highest BCUT2D eigenvalue weighted by atomic mass is 32.2. The van der Waals surface area contributed by atoms with Crippen LogP contribution in [0.5, 0.6) is 5.75 Å². The van der Waals surface area contributed by atoms with Crippen LogP contribution in [0, 0.1) is 0 Å². The maximum absolute atomic E-state index is 12.9. The van der Waals surface area contributed by atoms with E-state index in [0.29, 0.717) is 17.9 Å². The van der Waals surface area contributed by atoms with Crippen LogP contribution in [-0.4, -0.2) is 42.0 Å². The Kier molecular flexibility index (Phi) is 4.34. The van der Waals surface area contributed by atoms with Crippen LogP contribution in [0.1, 0.15) is 17.3 Å². The predicted molar refractivity (Wildman–Crippen MR) is 88.3 cm³/mol. The molecule has 1 aliphatic rings. The minimum Gasteiger partial charge on any atom is -0.493 e. The van der Waals surface area contributed by atoms with E-state index in [-0.39, 0.29) is 5.91 Å². The molecule has 4 heteroatoms. The lowest BCUT2D eigenvalue weighted by atomic mass is 10.0. The fraction of sp³-hybridized carbons (Fsp3) is 0.353. The summed E-state index contributed by atoms with van der Waals surface area (Å²) in [6.45, 7) is 4.14. The highest BCUT2D eigenvalue weighted by Crippen LogP contribution is 2.30. The summed E-state index contributed by atoms with van der Waals surface area (Å²) >= 11 is 1.90. The number of ether oxygens (including phenoxy) is 1. The molecule has 3 rings (SSSR count). The topological polar surface area (TPSA) is 29.5 Å². The molecular weight excluding hydrogens is 282 g/mol. The Morgan fingerprint density at radius 2 is 1.95 bits per heavy atom. The molecule has 110 valence electrons. The van der Waals surface area contributed by atoms with Crippen LogP contribution in [0.25, 0.3) is 10.8 Å². The molecule has 0 aromatic heterocycles. The van der Waals surface area contributed by atoms with E-state index >= 15 is 0 Å². The van der Waals surface area contributed by atoms with E-state index in [4.69, 9.17) is 4.74 Å². The lowest BCUT2D eigenvalue weighted by Crippen LogP contribution is -2.38. The van der Waals surface area contributed by atoms with Crippen molar-refractivity contribution in [3.8, 4) is 5.75 Å². The molecule has 21 heavy (non-hydrogen) atoms. The molecule has 0 radical (unpaired) electrons. The number of carbonyl (C=O) groups excluding carboxylic acids is 1. The molecule has 1 heterocycles. The maximum atomic E-state index is 12.9. The smallest absolute Gasteiger partial charge is 0.258 e. The number of hydrogen-bond acceptors (Lipinski definition) is 3. The Labute approximate surface area is 129 Å². The van der Waals surface area contributed by atoms with Gasteiger partial charge in [0.1, 0.15) is 5.75 Å². The summed E-state index contributed by atoms with van der Waals surface area (Å²) in [5.74, 6) is 2.82. The molecule has 1 saturated heterocycles. The Morgan fingerprint density at radius 3 is 2.71 bits per heavy atom. The van der Waals surface area contributed by atoms with Gasteiger partial charge in [0.15, 0.2) is 0 Å². The first-order valence-corrected chi connectivity index (χ1v) is 8.48. The van der Waals surface area contributed by atoms with Crippen molar-refractivity contribution in [2.24, 2.45) is 0 Å². The van der Waals surface area contributed by atoms with Crippen molar-refractivity contribution in [1.82, 2.24) is 4.90 Å². The van der Waals surface area contributed by atoms with Gasteiger partial charge in [-0.05, 0) is 23.8 Å². The van der Waals surface area contributed by atoms with Gasteiger partial charge in [0.2, 0.25) is 0 Å². The van der Waals surface area contributed by atoms with Crippen LogP contribution in [0.2, 0.25) is 0 Å². The molecule has 0 atom stereocenters. The minimum absolute atomic E-state index is 0.0931. The average molecular weight is 301 g/mol. The van der Waals surface area contributed by atoms with Gasteiger partial charge in [-0.25, -0.2) is 0 Å². The molecule has 1 aliphatic heterocycles. The second kappa shape index (κ2) is 6.39. The molecule has 2 aromatic rings. The van der Waals surface area contributed by atoms with Gasteiger partial charge in [0, 0.05) is 24.6 Å². The molecule has 0 saturated carbocycles. The third kappa shape index (κ3) is 2.86. The molecule has 1 amide bonds. The number of carbonyl (C=O) groups is 1. The summed E-state index contributed by atoms with van der Waals surface area (Å²) in [6, 6.07) is 11.9. The van der Waals surface area contributed by atoms with Gasteiger partial charge >= 0.3 is 0 Å². The zero-order valence-electron chi connectivity index (χ0n) is 12.2. The van der Waals surface area contributed by atoms with Crippen molar-refractivity contribution in [3.05, 3.63) is 42.0 Å². The number of nitrogens with zero attached hydrogens (tertiary/aromatic N) is 1. The fourth-order valence-corrected chi connectivity index (χ4v) is 3.58. The van der Waals surface area contributed by atoms with Crippen molar-refractivity contribution in [3.63, 3.8) is 0 Å². The summed E-state index contributed by atoms with van der Waals surface area (Å²) in [5, 5.41) is 2.06. The normalized spacial score (nSPS) is 15.2. The van der Waals surface area contributed by atoms with Crippen LogP contribution in [-0.2, 0) is 0 Å². The first-order valence-electron chi connectivity index (χ1n) is 7.33. The average Bonchev–Trinajstić information content (AvgIpc) is 2.55. The van der Waals surface area contributed by atoms with Crippen molar-refractivity contribution in [2.75, 3.05) is 31.2 Å². The third-order valence-electron chi connectivity index (χ3n) is 3.70. The van der Waals surface area contributed by atoms with Crippen LogP contribution in [0.3, 0.4) is 0 Å². The molecule has 0 unspecified atom stereocenters. The van der Waals surface area contributed by atoms with E-state index in [1.165, 1.54) is 0 Å². The lowest BCUT2D eigenvalue weighted by molar-refractivity contribution is 0.0770. The zero-order chi connectivity index (χ0) is 14.7. The highest BCUT2D eigenvalue weighted by Gasteiger charge is 2.23. The van der Waals surface area contributed by atoms with E-state index < -0.39 is 0 Å². The van der Waals surface area contributed by atoms with E-state index in [1.54, 1.807) is 0 Å². The van der Waals surface area contributed by atoms with Crippen molar-refractivity contribution >= 4 is 28.4 Å². The number of fused-ring (bicyclic) bond motifs is 1. The van der Waals surface area contributed by atoms with Crippen molar-refractivity contribution in [2.45, 2.75) is 6.92 Å². The predicted octanol–water partition coefficient (Wildman–Crippen LogP) is 3.43. The van der Waals surface area contributed by atoms with Gasteiger partial charge in [-0.2, -0.15) is 11.8 Å².